The summed E-state index contributed by atoms with van der Waals surface area (Å²) in [6.07, 6.45) is 0.0882. The number of fused-ring (bicyclic) bond motifs is 5. The Morgan fingerprint density at radius 2 is 1.80 bits per heavy atom. The van der Waals surface area contributed by atoms with Gasteiger partial charge in [0.05, 0.1) is 35.6 Å². The van der Waals surface area contributed by atoms with Gasteiger partial charge in [-0.15, -0.1) is 0 Å². The van der Waals surface area contributed by atoms with Crippen molar-refractivity contribution in [3.05, 3.63) is 87.2 Å². The van der Waals surface area contributed by atoms with Crippen LogP contribution in [0.2, 0.25) is 0 Å². The minimum Gasteiger partial charge on any atom is -0.458 e. The number of rotatable bonds is 7. The van der Waals surface area contributed by atoms with E-state index < -0.39 is 18.3 Å². The first-order valence-electron chi connectivity index (χ1n) is 13.0. The number of hydrogen-bond donors (Lipinski definition) is 1. The number of aryl methyl sites for hydroxylation is 1. The van der Waals surface area contributed by atoms with Crippen LogP contribution < -0.4 is 14.6 Å². The largest absolute Gasteiger partial charge is 0.458 e. The van der Waals surface area contributed by atoms with Crippen molar-refractivity contribution in [1.29, 1.82) is 0 Å². The average Bonchev–Trinajstić information content (AvgIpc) is 3.29. The van der Waals surface area contributed by atoms with Crippen molar-refractivity contribution in [1.82, 2.24) is 9.55 Å². The van der Waals surface area contributed by atoms with Crippen LogP contribution in [0.4, 0.5) is 0 Å². The van der Waals surface area contributed by atoms with Crippen molar-refractivity contribution in [3.8, 4) is 22.9 Å². The summed E-state index contributed by atoms with van der Waals surface area (Å²) in [5.74, 6) is 0.295. The van der Waals surface area contributed by atoms with Gasteiger partial charge in [-0.1, -0.05) is 24.6 Å². The first-order chi connectivity index (χ1) is 19.1. The lowest BCUT2D eigenvalue weighted by Crippen LogP contribution is -2.44. The molecule has 6 rings (SSSR count). The normalized spacial score (nSPS) is 18.9. The second kappa shape index (κ2) is 9.82. The molecule has 0 bridgehead atoms. The van der Waals surface area contributed by atoms with E-state index >= 15 is 0 Å². The Morgan fingerprint density at radius 3 is 2.52 bits per heavy atom. The Kier molecular flexibility index (Phi) is 6.54. The monoisotopic (exact) mass is 578 g/mol. The maximum atomic E-state index is 13.4. The zero-order valence-electron chi connectivity index (χ0n) is 22.2. The number of esters is 1. The minimum atomic E-state index is -3.16. The van der Waals surface area contributed by atoms with Crippen LogP contribution in [0, 0.1) is 6.92 Å². The highest BCUT2D eigenvalue weighted by Gasteiger charge is 2.45. The third-order valence-corrected chi connectivity index (χ3v) is 9.43. The molecule has 2 aromatic carbocycles. The van der Waals surface area contributed by atoms with Gasteiger partial charge < -0.3 is 23.5 Å². The van der Waals surface area contributed by atoms with E-state index in [4.69, 9.17) is 35.1 Å². The lowest BCUT2D eigenvalue weighted by molar-refractivity contribution is -0.172. The summed E-state index contributed by atoms with van der Waals surface area (Å²) >= 11 is 5.69. The van der Waals surface area contributed by atoms with E-state index in [9.17, 15) is 14.7 Å². The SMILES string of the molecule is CCOP(=S)(Oc1ccc(C)cc1)Oc1ccc2nc3c(cc2c1)Cn1c-3cc2c(c1=O)COC(=O)[C@]2(O)CC. The standard InChI is InChI=1S/C29H27N2O7PS/c1-4-29(34)23-14-25-26-19(15-31(25)27(32)22(23)16-35-28(29)33)12-18-13-21(10-11-24(18)30-26)38-39(40,36-5-2)37-20-8-6-17(3)7-9-20/h6-14,34H,4-5,15-16H2,1-3H3/t29-,39?/m0/s1. The molecule has 0 aliphatic carbocycles. The molecule has 4 heterocycles. The van der Waals surface area contributed by atoms with Crippen molar-refractivity contribution in [2.45, 2.75) is 45.9 Å². The number of aromatic nitrogens is 2. The summed E-state index contributed by atoms with van der Waals surface area (Å²) in [6, 6.07) is 16.5. The Bertz CT molecular complexity index is 1790. The smallest absolute Gasteiger partial charge is 0.434 e. The van der Waals surface area contributed by atoms with Gasteiger partial charge in [0.1, 0.15) is 18.1 Å². The number of pyridine rings is 2. The van der Waals surface area contributed by atoms with Gasteiger partial charge in [-0.25, -0.2) is 9.78 Å². The first-order valence-corrected chi connectivity index (χ1v) is 15.5. The van der Waals surface area contributed by atoms with Crippen molar-refractivity contribution in [2.75, 3.05) is 6.61 Å². The Morgan fingerprint density at radius 1 is 1.07 bits per heavy atom. The predicted molar refractivity (Wildman–Crippen MR) is 153 cm³/mol. The summed E-state index contributed by atoms with van der Waals surface area (Å²) in [6.45, 7) is 2.80. The number of cyclic esters (lactones) is 1. The molecular weight excluding hydrogens is 551 g/mol. The number of hydrogen-bond acceptors (Lipinski definition) is 9. The van der Waals surface area contributed by atoms with Gasteiger partial charge in [0.25, 0.3) is 5.56 Å². The van der Waals surface area contributed by atoms with E-state index in [1.165, 1.54) is 0 Å². The van der Waals surface area contributed by atoms with E-state index in [2.05, 4.69) is 0 Å². The van der Waals surface area contributed by atoms with Gasteiger partial charge in [0, 0.05) is 28.3 Å². The maximum absolute atomic E-state index is 13.4. The molecule has 0 radical (unpaired) electrons. The average molecular weight is 579 g/mol. The second-order valence-corrected chi connectivity index (χ2v) is 12.7. The number of aliphatic hydroxyl groups is 1. The molecular formula is C29H27N2O7PS. The molecule has 0 saturated heterocycles. The zero-order chi connectivity index (χ0) is 28.2. The number of carbonyl (C=O) groups is 1. The quantitative estimate of drug-likeness (QED) is 0.208. The number of benzene rings is 2. The van der Waals surface area contributed by atoms with Crippen molar-refractivity contribution >= 4 is 35.4 Å². The highest BCUT2D eigenvalue weighted by molar-refractivity contribution is 8.07. The molecule has 2 aliphatic rings. The summed E-state index contributed by atoms with van der Waals surface area (Å²) in [5, 5.41) is 11.9. The van der Waals surface area contributed by atoms with Crippen LogP contribution in [-0.2, 0) is 44.6 Å². The molecule has 11 heteroatoms. The van der Waals surface area contributed by atoms with Gasteiger partial charge >= 0.3 is 12.7 Å². The molecule has 2 aliphatic heterocycles. The summed E-state index contributed by atoms with van der Waals surface area (Å²) in [5.41, 5.74) is 2.20. The minimum absolute atomic E-state index is 0.0882. The molecule has 0 fully saturated rings. The fourth-order valence-electron chi connectivity index (χ4n) is 5.11. The van der Waals surface area contributed by atoms with Crippen molar-refractivity contribution < 1.29 is 28.2 Å². The molecule has 1 N–H and O–H groups in total. The lowest BCUT2D eigenvalue weighted by atomic mass is 9.86. The Labute approximate surface area is 235 Å². The molecule has 40 heavy (non-hydrogen) atoms. The van der Waals surface area contributed by atoms with Crippen LogP contribution in [0.3, 0.4) is 0 Å². The van der Waals surface area contributed by atoms with Gasteiger partial charge in [-0.05, 0) is 62.7 Å². The number of ether oxygens (including phenoxy) is 1. The first kappa shape index (κ1) is 26.7. The van der Waals surface area contributed by atoms with Gasteiger partial charge in [0.2, 0.25) is 0 Å². The topological polar surface area (TPSA) is 109 Å². The van der Waals surface area contributed by atoms with Crippen LogP contribution in [-0.4, -0.2) is 27.2 Å². The molecule has 9 nitrogen and oxygen atoms in total. The van der Waals surface area contributed by atoms with Crippen LogP contribution in [0.15, 0.2) is 59.4 Å². The third kappa shape index (κ3) is 4.41. The summed E-state index contributed by atoms with van der Waals surface area (Å²) in [7, 11) is 0. The van der Waals surface area contributed by atoms with Crippen molar-refractivity contribution in [2.24, 2.45) is 0 Å². The number of nitrogens with zero attached hydrogens (tertiary/aromatic N) is 2. The highest BCUT2D eigenvalue weighted by atomic mass is 32.5. The molecule has 0 saturated carbocycles. The van der Waals surface area contributed by atoms with Crippen LogP contribution in [0.25, 0.3) is 22.3 Å². The second-order valence-electron chi connectivity index (χ2n) is 9.81. The fraction of sp³-hybridized carbons (Fsp3) is 0.276. The van der Waals surface area contributed by atoms with Crippen LogP contribution >= 0.6 is 6.72 Å². The van der Waals surface area contributed by atoms with Crippen LogP contribution in [0.5, 0.6) is 11.5 Å². The van der Waals surface area contributed by atoms with E-state index in [0.29, 0.717) is 41.6 Å². The highest BCUT2D eigenvalue weighted by Crippen LogP contribution is 2.50. The van der Waals surface area contributed by atoms with Gasteiger partial charge in [-0.3, -0.25) is 9.32 Å². The molecule has 0 spiro atoms. The van der Waals surface area contributed by atoms with E-state index in [1.807, 2.05) is 50.2 Å². The maximum Gasteiger partial charge on any atom is 0.434 e. The molecule has 4 aromatic rings. The Balaban J connectivity index is 1.36. The molecule has 1 unspecified atom stereocenters. The predicted octanol–water partition coefficient (Wildman–Crippen LogP) is 5.11. The van der Waals surface area contributed by atoms with E-state index in [0.717, 1.165) is 16.5 Å². The van der Waals surface area contributed by atoms with E-state index in [-0.39, 0.29) is 29.7 Å². The van der Waals surface area contributed by atoms with Gasteiger partial charge in [-0.2, -0.15) is 0 Å². The molecule has 2 aromatic heterocycles. The molecule has 2 atom stereocenters. The van der Waals surface area contributed by atoms with Gasteiger partial charge in [0.15, 0.2) is 5.60 Å². The third-order valence-electron chi connectivity index (χ3n) is 7.22. The summed E-state index contributed by atoms with van der Waals surface area (Å²) in [4.78, 5) is 30.6. The fourth-order valence-corrected chi connectivity index (χ4v) is 7.15. The van der Waals surface area contributed by atoms with E-state index in [1.54, 1.807) is 29.7 Å². The summed E-state index contributed by atoms with van der Waals surface area (Å²) < 4.78 is 24.6. The molecule has 206 valence electrons. The number of carbonyl (C=O) groups excluding carboxylic acids is 1. The molecule has 0 amide bonds. The Hall–Kier alpha value is -3.56. The van der Waals surface area contributed by atoms with Crippen LogP contribution in [0.1, 0.15) is 42.5 Å². The lowest BCUT2D eigenvalue weighted by Gasteiger charge is -2.31. The zero-order valence-corrected chi connectivity index (χ0v) is 23.9. The van der Waals surface area contributed by atoms with Crippen molar-refractivity contribution in [3.63, 3.8) is 0 Å².